The molecule has 1 atom stereocenters. The van der Waals surface area contributed by atoms with Crippen molar-refractivity contribution in [1.29, 1.82) is 0 Å². The van der Waals surface area contributed by atoms with E-state index in [2.05, 4.69) is 5.32 Å². The summed E-state index contributed by atoms with van der Waals surface area (Å²) in [6, 6.07) is 0. The Labute approximate surface area is 95.3 Å². The molecule has 0 aliphatic rings. The summed E-state index contributed by atoms with van der Waals surface area (Å²) in [6.07, 6.45) is -0.495. The molecule has 0 aliphatic carbocycles. The van der Waals surface area contributed by atoms with Gasteiger partial charge in [0.05, 0.1) is 12.5 Å². The fraction of sp³-hybridized carbons (Fsp3) is 0.800. The normalized spacial score (nSPS) is 12.3. The summed E-state index contributed by atoms with van der Waals surface area (Å²) in [5.41, 5.74) is 0. The van der Waals surface area contributed by atoms with Gasteiger partial charge in [0, 0.05) is 12.5 Å². The number of ether oxygens (including phenoxy) is 1. The zero-order chi connectivity index (χ0) is 11.8. The maximum atomic E-state index is 11.4. The van der Waals surface area contributed by atoms with E-state index in [4.69, 9.17) is 16.3 Å². The lowest BCUT2D eigenvalue weighted by molar-refractivity contribution is -0.121. The third-order valence-corrected chi connectivity index (χ3v) is 2.36. The molecule has 1 amide bonds. The first kappa shape index (κ1) is 14.2. The van der Waals surface area contributed by atoms with E-state index in [-0.39, 0.29) is 30.0 Å². The molecular formula is C10H18ClNO3. The topological polar surface area (TPSA) is 55.4 Å². The van der Waals surface area contributed by atoms with Crippen LogP contribution in [-0.4, -0.2) is 30.9 Å². The van der Waals surface area contributed by atoms with Crippen LogP contribution >= 0.6 is 11.6 Å². The number of carbonyl (C=O) groups excluding carboxylic acids is 2. The van der Waals surface area contributed by atoms with E-state index in [9.17, 15) is 9.59 Å². The molecule has 0 aromatic carbocycles. The van der Waals surface area contributed by atoms with Gasteiger partial charge in [-0.05, 0) is 12.8 Å². The van der Waals surface area contributed by atoms with Crippen LogP contribution in [0.2, 0.25) is 0 Å². The van der Waals surface area contributed by atoms with E-state index >= 15 is 0 Å². The standard InChI is InChI=1S/C10H18ClNO3/c1-4-15-10(14)12-6-8(7(2)3)9(13)5-11/h7-8H,4-6H2,1-3H3,(H,12,14). The molecule has 0 radical (unpaired) electrons. The molecule has 0 rings (SSSR count). The van der Waals surface area contributed by atoms with Crippen LogP contribution in [0.5, 0.6) is 0 Å². The van der Waals surface area contributed by atoms with Crippen LogP contribution in [0.1, 0.15) is 20.8 Å². The zero-order valence-corrected chi connectivity index (χ0v) is 10.1. The molecule has 0 bridgehead atoms. The number of alkyl halides is 1. The smallest absolute Gasteiger partial charge is 0.407 e. The Morgan fingerprint density at radius 3 is 2.40 bits per heavy atom. The minimum absolute atomic E-state index is 0.0205. The van der Waals surface area contributed by atoms with Crippen molar-refractivity contribution in [3.63, 3.8) is 0 Å². The number of alkyl carbamates (subject to hydrolysis) is 1. The lowest BCUT2D eigenvalue weighted by atomic mass is 9.92. The molecular weight excluding hydrogens is 218 g/mol. The number of nitrogens with one attached hydrogen (secondary N) is 1. The minimum Gasteiger partial charge on any atom is -0.450 e. The average molecular weight is 236 g/mol. The number of hydrogen-bond acceptors (Lipinski definition) is 3. The lowest BCUT2D eigenvalue weighted by Crippen LogP contribution is -2.36. The van der Waals surface area contributed by atoms with Gasteiger partial charge >= 0.3 is 6.09 Å². The molecule has 0 aliphatic heterocycles. The Kier molecular flexibility index (Phi) is 7.13. The van der Waals surface area contributed by atoms with Gasteiger partial charge in [-0.1, -0.05) is 13.8 Å². The van der Waals surface area contributed by atoms with Crippen molar-refractivity contribution in [2.75, 3.05) is 19.0 Å². The summed E-state index contributed by atoms with van der Waals surface area (Å²) in [6.45, 7) is 6.16. The Bertz CT molecular complexity index is 219. The fourth-order valence-corrected chi connectivity index (χ4v) is 1.39. The SMILES string of the molecule is CCOC(=O)NCC(C(=O)CCl)C(C)C. The van der Waals surface area contributed by atoms with Gasteiger partial charge < -0.3 is 10.1 Å². The number of Topliss-reactive ketones (excluding diaryl/α,β-unsaturated/α-hetero) is 1. The fourth-order valence-electron chi connectivity index (χ4n) is 1.20. The molecule has 0 saturated heterocycles. The van der Waals surface area contributed by atoms with Crippen LogP contribution in [0.25, 0.3) is 0 Å². The second-order valence-electron chi connectivity index (χ2n) is 3.55. The first-order chi connectivity index (χ1) is 7.02. The second kappa shape index (κ2) is 7.51. The van der Waals surface area contributed by atoms with E-state index in [1.54, 1.807) is 6.92 Å². The number of halogens is 1. The Morgan fingerprint density at radius 2 is 2.00 bits per heavy atom. The quantitative estimate of drug-likeness (QED) is 0.715. The number of ketones is 1. The maximum Gasteiger partial charge on any atom is 0.407 e. The van der Waals surface area contributed by atoms with Crippen molar-refractivity contribution in [2.24, 2.45) is 11.8 Å². The van der Waals surface area contributed by atoms with Crippen molar-refractivity contribution in [3.8, 4) is 0 Å². The maximum absolute atomic E-state index is 11.4. The van der Waals surface area contributed by atoms with Gasteiger partial charge in [-0.15, -0.1) is 11.6 Å². The summed E-state index contributed by atoms with van der Waals surface area (Å²) in [4.78, 5) is 22.4. The third kappa shape index (κ3) is 5.62. The molecule has 0 saturated carbocycles. The highest BCUT2D eigenvalue weighted by molar-refractivity contribution is 6.27. The van der Waals surface area contributed by atoms with E-state index in [0.29, 0.717) is 6.61 Å². The second-order valence-corrected chi connectivity index (χ2v) is 3.82. The Balaban J connectivity index is 4.07. The predicted octanol–water partition coefficient (Wildman–Crippen LogP) is 1.81. The first-order valence-electron chi connectivity index (χ1n) is 5.02. The van der Waals surface area contributed by atoms with E-state index in [0.717, 1.165) is 0 Å². The molecule has 0 aromatic heterocycles. The van der Waals surface area contributed by atoms with Gasteiger partial charge in [0.15, 0.2) is 5.78 Å². The zero-order valence-electron chi connectivity index (χ0n) is 9.38. The van der Waals surface area contributed by atoms with E-state index in [1.807, 2.05) is 13.8 Å². The molecule has 4 nitrogen and oxygen atoms in total. The lowest BCUT2D eigenvalue weighted by Gasteiger charge is -2.18. The van der Waals surface area contributed by atoms with Crippen molar-refractivity contribution < 1.29 is 14.3 Å². The number of amides is 1. The Morgan fingerprint density at radius 1 is 1.40 bits per heavy atom. The van der Waals surface area contributed by atoms with Gasteiger partial charge in [0.2, 0.25) is 0 Å². The van der Waals surface area contributed by atoms with Gasteiger partial charge in [-0.25, -0.2) is 4.79 Å². The summed E-state index contributed by atoms with van der Waals surface area (Å²) >= 11 is 5.47. The van der Waals surface area contributed by atoms with Crippen LogP contribution in [0.15, 0.2) is 0 Å². The summed E-state index contributed by atoms with van der Waals surface area (Å²) in [5, 5.41) is 2.54. The molecule has 1 unspecified atom stereocenters. The monoisotopic (exact) mass is 235 g/mol. The van der Waals surface area contributed by atoms with Gasteiger partial charge in [0.25, 0.3) is 0 Å². The summed E-state index contributed by atoms with van der Waals surface area (Å²) < 4.78 is 4.69. The van der Waals surface area contributed by atoms with Crippen LogP contribution in [-0.2, 0) is 9.53 Å². The summed E-state index contributed by atoms with van der Waals surface area (Å²) in [7, 11) is 0. The van der Waals surface area contributed by atoms with E-state index < -0.39 is 6.09 Å². The largest absolute Gasteiger partial charge is 0.450 e. The van der Waals surface area contributed by atoms with Crippen molar-refractivity contribution in [1.82, 2.24) is 5.32 Å². The number of rotatable bonds is 6. The van der Waals surface area contributed by atoms with Crippen LogP contribution in [0.3, 0.4) is 0 Å². The highest BCUT2D eigenvalue weighted by atomic mass is 35.5. The van der Waals surface area contributed by atoms with Crippen LogP contribution in [0, 0.1) is 11.8 Å². The molecule has 0 aromatic rings. The highest BCUT2D eigenvalue weighted by Crippen LogP contribution is 2.11. The molecule has 0 fully saturated rings. The summed E-state index contributed by atoms with van der Waals surface area (Å²) in [5.74, 6) is -0.165. The highest BCUT2D eigenvalue weighted by Gasteiger charge is 2.21. The molecule has 1 N–H and O–H groups in total. The average Bonchev–Trinajstić information content (AvgIpc) is 2.17. The van der Waals surface area contributed by atoms with Crippen molar-refractivity contribution in [3.05, 3.63) is 0 Å². The molecule has 5 heteroatoms. The predicted molar refractivity (Wildman–Crippen MR) is 59.1 cm³/mol. The Hall–Kier alpha value is -0.770. The number of hydrogen-bond donors (Lipinski definition) is 1. The molecule has 88 valence electrons. The molecule has 15 heavy (non-hydrogen) atoms. The minimum atomic E-state index is -0.495. The van der Waals surface area contributed by atoms with Gasteiger partial charge in [0.1, 0.15) is 0 Å². The number of carbonyl (C=O) groups is 2. The molecule has 0 spiro atoms. The molecule has 0 heterocycles. The van der Waals surface area contributed by atoms with Crippen molar-refractivity contribution in [2.45, 2.75) is 20.8 Å². The van der Waals surface area contributed by atoms with Gasteiger partial charge in [-0.3, -0.25) is 4.79 Å². The van der Waals surface area contributed by atoms with Crippen molar-refractivity contribution >= 4 is 23.5 Å². The van der Waals surface area contributed by atoms with Crippen LogP contribution < -0.4 is 5.32 Å². The van der Waals surface area contributed by atoms with E-state index in [1.165, 1.54) is 0 Å². The van der Waals surface area contributed by atoms with Crippen LogP contribution in [0.4, 0.5) is 4.79 Å². The third-order valence-electron chi connectivity index (χ3n) is 2.09. The van der Waals surface area contributed by atoms with Gasteiger partial charge in [-0.2, -0.15) is 0 Å². The first-order valence-corrected chi connectivity index (χ1v) is 5.55.